The molecule has 1 fully saturated rings. The fourth-order valence-corrected chi connectivity index (χ4v) is 4.35. The summed E-state index contributed by atoms with van der Waals surface area (Å²) in [4.78, 5) is 16.7. The SMILES string of the molecule is NCC1CCC(CC2(N)NC(=NCc3cccs3)NC=C2[N+](=O)[O-])CC1. The zero-order valence-corrected chi connectivity index (χ0v) is 15.5. The number of hydrogen-bond donors (Lipinski definition) is 4. The number of aliphatic imine (C=N–C) groups is 1. The minimum atomic E-state index is -1.22. The van der Waals surface area contributed by atoms with Crippen LogP contribution in [0.2, 0.25) is 0 Å². The summed E-state index contributed by atoms with van der Waals surface area (Å²) >= 11 is 1.62. The predicted octanol–water partition coefficient (Wildman–Crippen LogP) is 1.73. The molecule has 1 aromatic rings. The Morgan fingerprint density at radius 3 is 2.69 bits per heavy atom. The van der Waals surface area contributed by atoms with Gasteiger partial charge in [-0.3, -0.25) is 15.8 Å². The van der Waals surface area contributed by atoms with E-state index >= 15 is 0 Å². The van der Waals surface area contributed by atoms with Gasteiger partial charge in [-0.05, 0) is 61.9 Å². The van der Waals surface area contributed by atoms with Crippen molar-refractivity contribution in [3.8, 4) is 0 Å². The highest BCUT2D eigenvalue weighted by Crippen LogP contribution is 2.34. The number of nitrogens with zero attached hydrogens (tertiary/aromatic N) is 2. The van der Waals surface area contributed by atoms with Gasteiger partial charge in [0.1, 0.15) is 0 Å². The molecule has 1 saturated carbocycles. The van der Waals surface area contributed by atoms with Crippen LogP contribution in [0.3, 0.4) is 0 Å². The first-order valence-corrected chi connectivity index (χ1v) is 9.83. The van der Waals surface area contributed by atoms with Crippen molar-refractivity contribution in [2.45, 2.75) is 44.3 Å². The van der Waals surface area contributed by atoms with E-state index < -0.39 is 10.6 Å². The largest absolute Gasteiger partial charge is 0.330 e. The van der Waals surface area contributed by atoms with Crippen molar-refractivity contribution in [2.24, 2.45) is 28.3 Å². The maximum atomic E-state index is 11.5. The number of nitrogens with one attached hydrogen (secondary N) is 2. The molecular formula is C17H26N6O2S. The molecule has 6 N–H and O–H groups in total. The second-order valence-corrected chi connectivity index (χ2v) is 8.13. The molecule has 3 rings (SSSR count). The summed E-state index contributed by atoms with van der Waals surface area (Å²) in [6, 6.07) is 3.97. The summed E-state index contributed by atoms with van der Waals surface area (Å²) in [6.45, 7) is 1.22. The highest BCUT2D eigenvalue weighted by Gasteiger charge is 2.44. The van der Waals surface area contributed by atoms with E-state index in [-0.39, 0.29) is 5.70 Å². The molecule has 2 aliphatic rings. The number of thiophene rings is 1. The van der Waals surface area contributed by atoms with Gasteiger partial charge in [0.25, 0.3) is 0 Å². The monoisotopic (exact) mass is 378 g/mol. The fourth-order valence-electron chi connectivity index (χ4n) is 3.72. The third-order valence-corrected chi connectivity index (χ3v) is 6.09. The van der Waals surface area contributed by atoms with Gasteiger partial charge in [-0.15, -0.1) is 11.3 Å². The molecular weight excluding hydrogens is 352 g/mol. The van der Waals surface area contributed by atoms with Gasteiger partial charge in [0.05, 0.1) is 17.7 Å². The molecule has 0 radical (unpaired) electrons. The van der Waals surface area contributed by atoms with E-state index in [2.05, 4.69) is 15.6 Å². The van der Waals surface area contributed by atoms with Crippen LogP contribution >= 0.6 is 11.3 Å². The molecule has 0 saturated heterocycles. The van der Waals surface area contributed by atoms with Crippen LogP contribution in [0.1, 0.15) is 37.0 Å². The lowest BCUT2D eigenvalue weighted by Crippen LogP contribution is -2.64. The summed E-state index contributed by atoms with van der Waals surface area (Å²) in [5, 5.41) is 19.4. The molecule has 1 unspecified atom stereocenters. The Morgan fingerprint density at radius 1 is 1.35 bits per heavy atom. The molecule has 142 valence electrons. The summed E-state index contributed by atoms with van der Waals surface area (Å²) in [5.41, 5.74) is 11.0. The Balaban J connectivity index is 1.71. The molecule has 8 nitrogen and oxygen atoms in total. The molecule has 26 heavy (non-hydrogen) atoms. The van der Waals surface area contributed by atoms with Crippen LogP contribution in [-0.2, 0) is 6.54 Å². The van der Waals surface area contributed by atoms with Crippen LogP contribution < -0.4 is 22.1 Å². The number of rotatable bonds is 6. The van der Waals surface area contributed by atoms with Crippen LogP contribution in [-0.4, -0.2) is 23.1 Å². The molecule has 1 atom stereocenters. The topological polar surface area (TPSA) is 132 Å². The van der Waals surface area contributed by atoms with Crippen molar-refractivity contribution in [2.75, 3.05) is 6.54 Å². The molecule has 1 aliphatic heterocycles. The van der Waals surface area contributed by atoms with E-state index in [9.17, 15) is 10.1 Å². The minimum absolute atomic E-state index is 0.0477. The van der Waals surface area contributed by atoms with E-state index in [1.165, 1.54) is 6.20 Å². The second kappa shape index (κ2) is 8.15. The van der Waals surface area contributed by atoms with E-state index in [0.29, 0.717) is 37.3 Å². The zero-order valence-electron chi connectivity index (χ0n) is 14.7. The van der Waals surface area contributed by atoms with E-state index in [4.69, 9.17) is 11.5 Å². The molecule has 0 aromatic carbocycles. The van der Waals surface area contributed by atoms with Crippen molar-refractivity contribution in [3.63, 3.8) is 0 Å². The number of guanidine groups is 1. The average Bonchev–Trinajstić information content (AvgIpc) is 3.13. The molecule has 1 aliphatic carbocycles. The molecule has 0 bridgehead atoms. The fraction of sp³-hybridized carbons (Fsp3) is 0.588. The van der Waals surface area contributed by atoms with Gasteiger partial charge >= 0.3 is 5.70 Å². The lowest BCUT2D eigenvalue weighted by Gasteiger charge is -2.37. The minimum Gasteiger partial charge on any atom is -0.330 e. The third kappa shape index (κ3) is 4.40. The van der Waals surface area contributed by atoms with Gasteiger partial charge in [-0.2, -0.15) is 0 Å². The van der Waals surface area contributed by atoms with Crippen molar-refractivity contribution < 1.29 is 4.92 Å². The van der Waals surface area contributed by atoms with Gasteiger partial charge in [-0.1, -0.05) is 6.07 Å². The maximum Gasteiger partial charge on any atom is 0.301 e. The van der Waals surface area contributed by atoms with Crippen molar-refractivity contribution in [1.82, 2.24) is 10.6 Å². The van der Waals surface area contributed by atoms with Gasteiger partial charge < -0.3 is 16.4 Å². The van der Waals surface area contributed by atoms with E-state index in [1.807, 2.05) is 17.5 Å². The van der Waals surface area contributed by atoms with Gasteiger partial charge in [0, 0.05) is 4.88 Å². The smallest absolute Gasteiger partial charge is 0.301 e. The Hall–Kier alpha value is -1.97. The first kappa shape index (κ1) is 18.8. The first-order valence-electron chi connectivity index (χ1n) is 8.95. The molecule has 1 aromatic heterocycles. The number of nitro groups is 1. The van der Waals surface area contributed by atoms with Crippen LogP contribution in [0.5, 0.6) is 0 Å². The maximum absolute atomic E-state index is 11.5. The van der Waals surface area contributed by atoms with Crippen LogP contribution in [0.25, 0.3) is 0 Å². The van der Waals surface area contributed by atoms with Crippen LogP contribution in [0.15, 0.2) is 34.4 Å². The quantitative estimate of drug-likeness (QED) is 0.440. The Kier molecular flexibility index (Phi) is 5.90. The summed E-state index contributed by atoms with van der Waals surface area (Å²) in [7, 11) is 0. The summed E-state index contributed by atoms with van der Waals surface area (Å²) in [6.07, 6.45) is 6.01. The van der Waals surface area contributed by atoms with Gasteiger partial charge in [0.2, 0.25) is 0 Å². The van der Waals surface area contributed by atoms with Gasteiger partial charge in [-0.25, -0.2) is 4.99 Å². The standard InChI is InChI=1S/C17H26N6O2S/c18-9-13-5-3-12(4-6-13)8-17(19)15(23(24)25)11-21-16(22-17)20-10-14-2-1-7-26-14/h1-2,7,11-13H,3-6,8-10,18-19H2,(H2,20,21,22). The molecule has 9 heteroatoms. The van der Waals surface area contributed by atoms with Gasteiger partial charge in [0.15, 0.2) is 11.6 Å². The van der Waals surface area contributed by atoms with Crippen LogP contribution in [0, 0.1) is 22.0 Å². The Labute approximate surface area is 156 Å². The summed E-state index contributed by atoms with van der Waals surface area (Å²) in [5.74, 6) is 1.38. The summed E-state index contributed by atoms with van der Waals surface area (Å²) < 4.78 is 0. The highest BCUT2D eigenvalue weighted by molar-refractivity contribution is 7.09. The lowest BCUT2D eigenvalue weighted by atomic mass is 9.77. The Bertz CT molecular complexity index is 681. The van der Waals surface area contributed by atoms with Crippen LogP contribution in [0.4, 0.5) is 0 Å². The predicted molar refractivity (Wildman–Crippen MR) is 103 cm³/mol. The van der Waals surface area contributed by atoms with Crippen molar-refractivity contribution in [3.05, 3.63) is 44.4 Å². The van der Waals surface area contributed by atoms with Crippen molar-refractivity contribution in [1.29, 1.82) is 0 Å². The van der Waals surface area contributed by atoms with Crippen molar-refractivity contribution >= 4 is 17.3 Å². The van der Waals surface area contributed by atoms with E-state index in [0.717, 1.165) is 30.6 Å². The number of hydrogen-bond acceptors (Lipinski definition) is 6. The average molecular weight is 379 g/mol. The number of nitrogens with two attached hydrogens (primary N) is 2. The third-order valence-electron chi connectivity index (χ3n) is 5.22. The Morgan fingerprint density at radius 2 is 2.08 bits per heavy atom. The molecule has 2 heterocycles. The highest BCUT2D eigenvalue weighted by atomic mass is 32.1. The lowest BCUT2D eigenvalue weighted by molar-refractivity contribution is -0.437. The first-order chi connectivity index (χ1) is 12.5. The van der Waals surface area contributed by atoms with E-state index in [1.54, 1.807) is 11.3 Å². The molecule has 0 amide bonds. The zero-order chi connectivity index (χ0) is 18.6. The molecule has 0 spiro atoms. The second-order valence-electron chi connectivity index (χ2n) is 7.10. The normalized spacial score (nSPS) is 30.4.